The first-order chi connectivity index (χ1) is 13.4. The molecule has 1 aromatic carbocycles. The Hall–Kier alpha value is -1.43. The average Bonchev–Trinajstić information content (AvgIpc) is 2.68. The highest BCUT2D eigenvalue weighted by molar-refractivity contribution is 5.76. The van der Waals surface area contributed by atoms with Crippen molar-refractivity contribution in [2.75, 3.05) is 40.4 Å². The van der Waals surface area contributed by atoms with Gasteiger partial charge in [0.05, 0.1) is 11.7 Å². The van der Waals surface area contributed by atoms with Crippen LogP contribution in [0, 0.1) is 0 Å². The molecule has 2 aliphatic rings. The quantitative estimate of drug-likeness (QED) is 0.749. The van der Waals surface area contributed by atoms with Crippen LogP contribution < -0.4 is 0 Å². The number of amides is 1. The molecule has 0 N–H and O–H groups in total. The Morgan fingerprint density at radius 2 is 1.93 bits per heavy atom. The number of nitrogens with zero attached hydrogens (tertiary/aromatic N) is 2. The molecule has 1 atom stereocenters. The van der Waals surface area contributed by atoms with Crippen molar-refractivity contribution in [3.8, 4) is 0 Å². The van der Waals surface area contributed by atoms with Crippen LogP contribution in [0.4, 0.5) is 0 Å². The summed E-state index contributed by atoms with van der Waals surface area (Å²) in [5.74, 6) is 0.606. The van der Waals surface area contributed by atoms with Gasteiger partial charge in [-0.05, 0) is 36.3 Å². The van der Waals surface area contributed by atoms with Crippen LogP contribution >= 0.6 is 0 Å². The number of carbonyl (C=O) groups excluding carboxylic acids is 1. The molecule has 156 valence electrons. The van der Waals surface area contributed by atoms with Crippen LogP contribution in [0.25, 0.3) is 0 Å². The maximum Gasteiger partial charge on any atom is 0.248 e. The highest BCUT2D eigenvalue weighted by Crippen LogP contribution is 2.36. The monoisotopic (exact) mass is 388 g/mol. The highest BCUT2D eigenvalue weighted by Gasteiger charge is 2.40. The van der Waals surface area contributed by atoms with Crippen molar-refractivity contribution < 1.29 is 14.3 Å². The van der Waals surface area contributed by atoms with Gasteiger partial charge in [0.1, 0.15) is 6.61 Å². The lowest BCUT2D eigenvalue weighted by Gasteiger charge is -2.46. The molecule has 3 rings (SSSR count). The second-order valence-electron chi connectivity index (χ2n) is 8.92. The van der Waals surface area contributed by atoms with Gasteiger partial charge >= 0.3 is 0 Å². The molecule has 0 bridgehead atoms. The van der Waals surface area contributed by atoms with Crippen LogP contribution in [0.5, 0.6) is 0 Å². The van der Waals surface area contributed by atoms with E-state index in [4.69, 9.17) is 9.47 Å². The standard InChI is InChI=1S/C23H36N2O3/c1-18(2)20-7-5-19(6-8-20)16-25-12-10-23(11-13-25)15-21(9-14-28-23)27-17-22(26)24(3)4/h5-8,18,21H,9-17H2,1-4H3. The Morgan fingerprint density at radius 3 is 2.54 bits per heavy atom. The number of carbonyl (C=O) groups is 1. The van der Waals surface area contributed by atoms with E-state index in [0.29, 0.717) is 5.92 Å². The molecule has 5 nitrogen and oxygen atoms in total. The van der Waals surface area contributed by atoms with Crippen molar-refractivity contribution in [3.63, 3.8) is 0 Å². The van der Waals surface area contributed by atoms with Crippen molar-refractivity contribution >= 4 is 5.91 Å². The van der Waals surface area contributed by atoms with Crippen LogP contribution in [-0.4, -0.2) is 67.8 Å². The molecule has 1 aromatic rings. The van der Waals surface area contributed by atoms with Gasteiger partial charge in [0.15, 0.2) is 0 Å². The summed E-state index contributed by atoms with van der Waals surface area (Å²) >= 11 is 0. The number of piperidine rings is 1. The fourth-order valence-corrected chi connectivity index (χ4v) is 4.18. The predicted molar refractivity (Wildman–Crippen MR) is 111 cm³/mol. The minimum Gasteiger partial charge on any atom is -0.375 e. The average molecular weight is 389 g/mol. The number of ether oxygens (including phenoxy) is 2. The summed E-state index contributed by atoms with van der Waals surface area (Å²) in [5.41, 5.74) is 2.71. The molecule has 0 aromatic heterocycles. The maximum absolute atomic E-state index is 11.8. The maximum atomic E-state index is 11.8. The Kier molecular flexibility index (Phi) is 7.13. The second kappa shape index (κ2) is 9.38. The molecule has 2 aliphatic heterocycles. The van der Waals surface area contributed by atoms with E-state index >= 15 is 0 Å². The summed E-state index contributed by atoms with van der Waals surface area (Å²) in [5, 5.41) is 0. The first-order valence-electron chi connectivity index (χ1n) is 10.6. The van der Waals surface area contributed by atoms with Gasteiger partial charge in [-0.1, -0.05) is 38.1 Å². The first-order valence-corrected chi connectivity index (χ1v) is 10.6. The molecule has 0 saturated carbocycles. The predicted octanol–water partition coefficient (Wildman–Crippen LogP) is 3.43. The van der Waals surface area contributed by atoms with Gasteiger partial charge in [-0.25, -0.2) is 0 Å². The van der Waals surface area contributed by atoms with Gasteiger partial charge in [0.25, 0.3) is 0 Å². The third-order valence-corrected chi connectivity index (χ3v) is 6.21. The van der Waals surface area contributed by atoms with Crippen LogP contribution in [-0.2, 0) is 20.8 Å². The van der Waals surface area contributed by atoms with Crippen LogP contribution in [0.3, 0.4) is 0 Å². The van der Waals surface area contributed by atoms with Crippen molar-refractivity contribution in [2.24, 2.45) is 0 Å². The normalized spacial score (nSPS) is 22.5. The largest absolute Gasteiger partial charge is 0.375 e. The minimum absolute atomic E-state index is 0.0267. The minimum atomic E-state index is -0.0674. The topological polar surface area (TPSA) is 42.0 Å². The lowest BCUT2D eigenvalue weighted by atomic mass is 9.83. The van der Waals surface area contributed by atoms with E-state index in [1.165, 1.54) is 11.1 Å². The second-order valence-corrected chi connectivity index (χ2v) is 8.92. The summed E-state index contributed by atoms with van der Waals surface area (Å²) in [6.07, 6.45) is 4.00. The highest BCUT2D eigenvalue weighted by atomic mass is 16.5. The zero-order valence-electron chi connectivity index (χ0n) is 17.9. The van der Waals surface area contributed by atoms with Crippen LogP contribution in [0.15, 0.2) is 24.3 Å². The summed E-state index contributed by atoms with van der Waals surface area (Å²) in [6, 6.07) is 9.05. The number of rotatable bonds is 6. The first kappa shape index (κ1) is 21.3. The van der Waals surface area contributed by atoms with Gasteiger partial charge in [-0.3, -0.25) is 9.69 Å². The molecule has 28 heavy (non-hydrogen) atoms. The van der Waals surface area contributed by atoms with Crippen molar-refractivity contribution in [3.05, 3.63) is 35.4 Å². The van der Waals surface area contributed by atoms with E-state index < -0.39 is 0 Å². The molecule has 0 radical (unpaired) electrons. The Balaban J connectivity index is 1.47. The van der Waals surface area contributed by atoms with E-state index in [-0.39, 0.29) is 24.2 Å². The third-order valence-electron chi connectivity index (χ3n) is 6.21. The Bertz CT molecular complexity index is 634. The molecule has 1 amide bonds. The smallest absolute Gasteiger partial charge is 0.248 e. The molecule has 1 spiro atoms. The van der Waals surface area contributed by atoms with Gasteiger partial charge in [-0.2, -0.15) is 0 Å². The summed E-state index contributed by atoms with van der Waals surface area (Å²) in [4.78, 5) is 15.9. The van der Waals surface area contributed by atoms with Gasteiger partial charge in [0.2, 0.25) is 5.91 Å². The molecule has 0 aliphatic carbocycles. The van der Waals surface area contributed by atoms with Gasteiger partial charge in [-0.15, -0.1) is 0 Å². The van der Waals surface area contributed by atoms with E-state index in [1.54, 1.807) is 19.0 Å². The van der Waals surface area contributed by atoms with E-state index in [9.17, 15) is 4.79 Å². The zero-order valence-corrected chi connectivity index (χ0v) is 17.9. The van der Waals surface area contributed by atoms with Crippen LogP contribution in [0.2, 0.25) is 0 Å². The lowest BCUT2D eigenvalue weighted by molar-refractivity contribution is -0.162. The van der Waals surface area contributed by atoms with Crippen molar-refractivity contribution in [1.29, 1.82) is 0 Å². The summed E-state index contributed by atoms with van der Waals surface area (Å²) in [6.45, 7) is 8.48. The molecular weight excluding hydrogens is 352 g/mol. The van der Waals surface area contributed by atoms with Gasteiger partial charge < -0.3 is 14.4 Å². The van der Waals surface area contributed by atoms with Crippen LogP contribution in [0.1, 0.15) is 56.6 Å². The summed E-state index contributed by atoms with van der Waals surface area (Å²) in [7, 11) is 3.53. The fourth-order valence-electron chi connectivity index (χ4n) is 4.18. The Labute approximate surface area is 170 Å². The molecular formula is C23H36N2O3. The molecule has 1 unspecified atom stereocenters. The third kappa shape index (κ3) is 5.56. The van der Waals surface area contributed by atoms with E-state index in [0.717, 1.165) is 51.9 Å². The Morgan fingerprint density at radius 1 is 1.25 bits per heavy atom. The molecule has 2 heterocycles. The molecule has 5 heteroatoms. The van der Waals surface area contributed by atoms with Crippen molar-refractivity contribution in [2.45, 2.75) is 63.7 Å². The number of likely N-dealkylation sites (tertiary alicyclic amines) is 1. The number of hydrogen-bond acceptors (Lipinski definition) is 4. The molecule has 2 fully saturated rings. The number of hydrogen-bond donors (Lipinski definition) is 0. The SMILES string of the molecule is CC(C)c1ccc(CN2CCC3(CC2)CC(OCC(=O)N(C)C)CCO3)cc1. The van der Waals surface area contributed by atoms with Crippen molar-refractivity contribution in [1.82, 2.24) is 9.80 Å². The van der Waals surface area contributed by atoms with Gasteiger partial charge in [0, 0.05) is 46.8 Å². The number of likely N-dealkylation sites (N-methyl/N-ethyl adjacent to an activating group) is 1. The summed E-state index contributed by atoms with van der Waals surface area (Å²) < 4.78 is 12.1. The van der Waals surface area contributed by atoms with E-state index in [1.807, 2.05) is 0 Å². The molecule has 2 saturated heterocycles. The fraction of sp³-hybridized carbons (Fsp3) is 0.696. The zero-order chi connectivity index (χ0) is 20.1. The van der Waals surface area contributed by atoms with E-state index in [2.05, 4.69) is 43.0 Å². The lowest BCUT2D eigenvalue weighted by Crippen LogP contribution is -2.50. The number of benzene rings is 1.